The van der Waals surface area contributed by atoms with Crippen LogP contribution in [0.5, 0.6) is 5.75 Å². The molecular formula is C25H18Cl2FNO4. The fourth-order valence-corrected chi connectivity index (χ4v) is 6.43. The quantitative estimate of drug-likeness (QED) is 0.341. The van der Waals surface area contributed by atoms with E-state index in [1.165, 1.54) is 30.3 Å². The normalized spacial score (nSPS) is 30.9. The molecule has 5 aliphatic rings. The molecule has 7 rings (SSSR count). The summed E-state index contributed by atoms with van der Waals surface area (Å²) in [4.78, 5) is 39.7. The molecule has 5 unspecified atom stereocenters. The van der Waals surface area contributed by atoms with Crippen LogP contribution in [-0.2, 0) is 9.59 Å². The van der Waals surface area contributed by atoms with Gasteiger partial charge in [-0.1, -0.05) is 35.4 Å². The average molecular weight is 486 g/mol. The minimum atomic E-state index is -0.753. The number of halogens is 3. The lowest BCUT2D eigenvalue weighted by atomic mass is 9.63. The Bertz CT molecular complexity index is 1200. The van der Waals surface area contributed by atoms with Crippen LogP contribution < -0.4 is 9.64 Å². The number of carbonyl (C=O) groups excluding carboxylic acids is 3. The summed E-state index contributed by atoms with van der Waals surface area (Å²) in [5, 5.41) is 0.644. The fourth-order valence-electron chi connectivity index (χ4n) is 5.90. The van der Waals surface area contributed by atoms with Gasteiger partial charge in [0.2, 0.25) is 11.8 Å². The summed E-state index contributed by atoms with van der Waals surface area (Å²) in [7, 11) is 0. The predicted octanol–water partition coefficient (Wildman–Crippen LogP) is 4.95. The van der Waals surface area contributed by atoms with Gasteiger partial charge in [-0.3, -0.25) is 14.4 Å². The van der Waals surface area contributed by atoms with Gasteiger partial charge < -0.3 is 4.74 Å². The second kappa shape index (κ2) is 7.40. The summed E-state index contributed by atoms with van der Waals surface area (Å²) in [6.07, 6.45) is 5.22. The Morgan fingerprint density at radius 3 is 2.15 bits per heavy atom. The standard InChI is InChI=1S/C25H18Cl2FNO4/c26-12-5-11(6-13(27)7-12)21(30)10-33-14-1-4-20(19(28)8-14)29-24(31)22-15-2-3-16(18-9-17(15)18)23(22)25(29)32/h1-8,15-18,22-23H,9-10H2/t15-,16?,17?,18?,22?,23?/m1/s1. The van der Waals surface area contributed by atoms with Crippen molar-refractivity contribution in [1.82, 2.24) is 0 Å². The van der Waals surface area contributed by atoms with Crippen molar-refractivity contribution in [1.29, 1.82) is 0 Å². The Kier molecular flexibility index (Phi) is 4.68. The molecule has 3 fully saturated rings. The fraction of sp³-hybridized carbons (Fsp3) is 0.320. The van der Waals surface area contributed by atoms with E-state index in [9.17, 15) is 14.4 Å². The van der Waals surface area contributed by atoms with Crippen molar-refractivity contribution in [2.24, 2.45) is 35.5 Å². The number of Topliss-reactive ketones (excluding diaryl/α,β-unsaturated/α-hetero) is 1. The van der Waals surface area contributed by atoms with Crippen LogP contribution in [0, 0.1) is 41.3 Å². The molecule has 0 aromatic heterocycles. The first-order chi connectivity index (χ1) is 15.8. The average Bonchev–Trinajstić information content (AvgIpc) is 3.56. The van der Waals surface area contributed by atoms with Crippen molar-refractivity contribution in [3.8, 4) is 5.75 Å². The highest BCUT2D eigenvalue weighted by atomic mass is 35.5. The largest absolute Gasteiger partial charge is 0.485 e. The topological polar surface area (TPSA) is 63.7 Å². The maximum absolute atomic E-state index is 15.0. The molecule has 1 heterocycles. The number of carbonyl (C=O) groups is 3. The van der Waals surface area contributed by atoms with Gasteiger partial charge in [0, 0.05) is 21.7 Å². The van der Waals surface area contributed by atoms with E-state index >= 15 is 4.39 Å². The number of allylic oxidation sites excluding steroid dienone is 2. The molecular weight excluding hydrogens is 468 g/mol. The molecule has 0 N–H and O–H groups in total. The molecule has 2 amide bonds. The number of ketones is 1. The maximum atomic E-state index is 15.0. The third-order valence-electron chi connectivity index (χ3n) is 7.38. The first kappa shape index (κ1) is 20.9. The maximum Gasteiger partial charge on any atom is 0.238 e. The minimum Gasteiger partial charge on any atom is -0.485 e. The van der Waals surface area contributed by atoms with Gasteiger partial charge in [0.05, 0.1) is 17.5 Å². The van der Waals surface area contributed by atoms with Gasteiger partial charge in [-0.2, -0.15) is 0 Å². The van der Waals surface area contributed by atoms with Crippen molar-refractivity contribution >= 4 is 46.5 Å². The number of benzene rings is 2. The zero-order chi connectivity index (χ0) is 23.0. The zero-order valence-electron chi connectivity index (χ0n) is 17.2. The molecule has 2 aromatic carbocycles. The molecule has 5 nitrogen and oxygen atoms in total. The molecule has 1 aliphatic heterocycles. The molecule has 6 atom stereocenters. The Labute approximate surface area is 199 Å². The Balaban J connectivity index is 1.19. The van der Waals surface area contributed by atoms with E-state index in [1.807, 2.05) is 0 Å². The monoisotopic (exact) mass is 485 g/mol. The number of ether oxygens (including phenoxy) is 1. The van der Waals surface area contributed by atoms with E-state index in [4.69, 9.17) is 27.9 Å². The van der Waals surface area contributed by atoms with Crippen molar-refractivity contribution in [2.45, 2.75) is 6.42 Å². The minimum absolute atomic E-state index is 0.0723. The van der Waals surface area contributed by atoms with Crippen LogP contribution in [0.3, 0.4) is 0 Å². The van der Waals surface area contributed by atoms with E-state index in [1.54, 1.807) is 0 Å². The van der Waals surface area contributed by atoms with Gasteiger partial charge in [-0.15, -0.1) is 0 Å². The van der Waals surface area contributed by atoms with E-state index in [-0.39, 0.29) is 53.0 Å². The number of amides is 2. The second-order valence-electron chi connectivity index (χ2n) is 9.15. The van der Waals surface area contributed by atoms with Gasteiger partial charge in [-0.05, 0) is 60.4 Å². The third kappa shape index (κ3) is 3.22. The Hall–Kier alpha value is -2.70. The van der Waals surface area contributed by atoms with Crippen LogP contribution >= 0.6 is 23.2 Å². The van der Waals surface area contributed by atoms with Gasteiger partial charge in [0.25, 0.3) is 0 Å². The van der Waals surface area contributed by atoms with Crippen molar-refractivity contribution in [3.63, 3.8) is 0 Å². The molecule has 2 bridgehead atoms. The molecule has 0 radical (unpaired) electrons. The zero-order valence-corrected chi connectivity index (χ0v) is 18.7. The summed E-state index contributed by atoms with van der Waals surface area (Å²) < 4.78 is 20.5. The molecule has 0 spiro atoms. The van der Waals surface area contributed by atoms with Gasteiger partial charge >= 0.3 is 0 Å². The number of imide groups is 1. The smallest absolute Gasteiger partial charge is 0.238 e. The number of nitrogens with zero attached hydrogens (tertiary/aromatic N) is 1. The second-order valence-corrected chi connectivity index (χ2v) is 10.0. The lowest BCUT2D eigenvalue weighted by molar-refractivity contribution is -0.124. The van der Waals surface area contributed by atoms with Gasteiger partial charge in [0.15, 0.2) is 18.2 Å². The summed E-state index contributed by atoms with van der Waals surface area (Å²) in [5.41, 5.74) is 0.203. The molecule has 2 aromatic rings. The van der Waals surface area contributed by atoms with E-state index in [2.05, 4.69) is 12.2 Å². The molecule has 33 heavy (non-hydrogen) atoms. The molecule has 2 saturated carbocycles. The highest BCUT2D eigenvalue weighted by Crippen LogP contribution is 2.65. The Morgan fingerprint density at radius 2 is 1.58 bits per heavy atom. The lowest BCUT2D eigenvalue weighted by Gasteiger charge is -2.37. The van der Waals surface area contributed by atoms with Gasteiger partial charge in [0.1, 0.15) is 5.75 Å². The van der Waals surface area contributed by atoms with Crippen LogP contribution in [0.25, 0.3) is 0 Å². The van der Waals surface area contributed by atoms with Crippen LogP contribution in [0.2, 0.25) is 10.0 Å². The van der Waals surface area contributed by atoms with Crippen molar-refractivity contribution in [2.75, 3.05) is 11.5 Å². The molecule has 4 aliphatic carbocycles. The van der Waals surface area contributed by atoms with Crippen molar-refractivity contribution < 1.29 is 23.5 Å². The summed E-state index contributed by atoms with van der Waals surface area (Å²) >= 11 is 11.8. The summed E-state index contributed by atoms with van der Waals surface area (Å²) in [5.74, 6) is -1.36. The third-order valence-corrected chi connectivity index (χ3v) is 7.81. The van der Waals surface area contributed by atoms with E-state index in [0.717, 1.165) is 17.4 Å². The van der Waals surface area contributed by atoms with Crippen LogP contribution in [-0.4, -0.2) is 24.2 Å². The van der Waals surface area contributed by atoms with Crippen molar-refractivity contribution in [3.05, 3.63) is 70.0 Å². The summed E-state index contributed by atoms with van der Waals surface area (Å²) in [6, 6.07) is 8.34. The molecule has 168 valence electrons. The van der Waals surface area contributed by atoms with Crippen LogP contribution in [0.1, 0.15) is 16.8 Å². The predicted molar refractivity (Wildman–Crippen MR) is 120 cm³/mol. The summed E-state index contributed by atoms with van der Waals surface area (Å²) in [6.45, 7) is -0.348. The molecule has 1 saturated heterocycles. The number of hydrogen-bond donors (Lipinski definition) is 0. The Morgan fingerprint density at radius 1 is 0.970 bits per heavy atom. The van der Waals surface area contributed by atoms with Crippen LogP contribution in [0.4, 0.5) is 10.1 Å². The first-order valence-electron chi connectivity index (χ1n) is 10.8. The number of hydrogen-bond acceptors (Lipinski definition) is 4. The number of anilines is 1. The highest BCUT2D eigenvalue weighted by molar-refractivity contribution is 6.35. The van der Waals surface area contributed by atoms with Gasteiger partial charge in [-0.25, -0.2) is 9.29 Å². The van der Waals surface area contributed by atoms with E-state index < -0.39 is 17.7 Å². The lowest BCUT2D eigenvalue weighted by Crippen LogP contribution is -2.40. The first-order valence-corrected chi connectivity index (χ1v) is 11.6. The highest BCUT2D eigenvalue weighted by Gasteiger charge is 2.67. The van der Waals surface area contributed by atoms with E-state index in [0.29, 0.717) is 21.9 Å². The molecule has 8 heteroatoms. The SMILES string of the molecule is O=C(COc1ccc(N2C(=O)C3C4C=C[C@H](C5CC45)C3C2=O)c(F)c1)c1cc(Cl)cc(Cl)c1. The van der Waals surface area contributed by atoms with Crippen LogP contribution in [0.15, 0.2) is 48.6 Å². The number of rotatable bonds is 5.